The Morgan fingerprint density at radius 2 is 1.86 bits per heavy atom. The minimum absolute atomic E-state index is 0.153. The van der Waals surface area contributed by atoms with Gasteiger partial charge in [0, 0.05) is 0 Å². The molecule has 76 valence electrons. The van der Waals surface area contributed by atoms with Crippen LogP contribution in [-0.2, 0) is 0 Å². The van der Waals surface area contributed by atoms with Gasteiger partial charge in [-0.15, -0.1) is 0 Å². The highest BCUT2D eigenvalue weighted by atomic mass is 19.1. The van der Waals surface area contributed by atoms with Crippen LogP contribution in [0.4, 0.5) is 4.39 Å². The third-order valence-corrected chi connectivity index (χ3v) is 2.97. The van der Waals surface area contributed by atoms with Crippen LogP contribution in [0.1, 0.15) is 31.0 Å². The topological polar surface area (TPSA) is 46.2 Å². The maximum atomic E-state index is 13.9. The second-order valence-electron chi connectivity index (χ2n) is 4.04. The maximum absolute atomic E-state index is 13.9. The first-order valence-corrected chi connectivity index (χ1v) is 4.84. The standard InChI is InChI=1S/C11H14FNO/c12-10(11(13)6-1-7-11)8-2-4-9(14)5-3-8/h2-5,10,14H,1,6-7,13H2. The summed E-state index contributed by atoms with van der Waals surface area (Å²) < 4.78 is 13.9. The predicted molar refractivity (Wildman–Crippen MR) is 52.7 cm³/mol. The number of benzene rings is 1. The van der Waals surface area contributed by atoms with Crippen molar-refractivity contribution in [3.63, 3.8) is 0 Å². The van der Waals surface area contributed by atoms with Crippen LogP contribution in [0.2, 0.25) is 0 Å². The second-order valence-corrected chi connectivity index (χ2v) is 4.04. The number of nitrogens with two attached hydrogens (primary N) is 1. The molecule has 0 heterocycles. The molecule has 0 aliphatic heterocycles. The van der Waals surface area contributed by atoms with Gasteiger partial charge in [-0.2, -0.15) is 0 Å². The van der Waals surface area contributed by atoms with Gasteiger partial charge >= 0.3 is 0 Å². The van der Waals surface area contributed by atoms with Gasteiger partial charge in [0.1, 0.15) is 11.9 Å². The fraction of sp³-hybridized carbons (Fsp3) is 0.455. The average Bonchev–Trinajstić information content (AvgIpc) is 2.14. The number of aromatic hydroxyl groups is 1. The molecule has 2 rings (SSSR count). The summed E-state index contributed by atoms with van der Waals surface area (Å²) in [6.45, 7) is 0. The number of alkyl halides is 1. The first-order chi connectivity index (χ1) is 6.62. The van der Waals surface area contributed by atoms with Gasteiger partial charge in [-0.25, -0.2) is 4.39 Å². The van der Waals surface area contributed by atoms with Gasteiger partial charge in [0.05, 0.1) is 5.54 Å². The van der Waals surface area contributed by atoms with E-state index in [2.05, 4.69) is 0 Å². The molecular formula is C11H14FNO. The van der Waals surface area contributed by atoms with Crippen LogP contribution in [0.3, 0.4) is 0 Å². The summed E-state index contributed by atoms with van der Waals surface area (Å²) in [7, 11) is 0. The molecule has 0 bridgehead atoms. The number of hydrogen-bond donors (Lipinski definition) is 2. The summed E-state index contributed by atoms with van der Waals surface area (Å²) >= 11 is 0. The van der Waals surface area contributed by atoms with E-state index in [1.54, 1.807) is 12.1 Å². The van der Waals surface area contributed by atoms with Crippen LogP contribution in [0.15, 0.2) is 24.3 Å². The monoisotopic (exact) mass is 195 g/mol. The van der Waals surface area contributed by atoms with Crippen LogP contribution in [0, 0.1) is 0 Å². The fourth-order valence-electron chi connectivity index (χ4n) is 1.81. The molecule has 0 aromatic heterocycles. The Labute approximate surface area is 82.5 Å². The molecular weight excluding hydrogens is 181 g/mol. The molecule has 1 aromatic carbocycles. The molecule has 1 unspecified atom stereocenters. The van der Waals surface area contributed by atoms with E-state index >= 15 is 0 Å². The van der Waals surface area contributed by atoms with Crippen molar-refractivity contribution in [1.29, 1.82) is 0 Å². The van der Waals surface area contributed by atoms with Crippen LogP contribution < -0.4 is 5.73 Å². The third kappa shape index (κ3) is 1.48. The highest BCUT2D eigenvalue weighted by Crippen LogP contribution is 2.42. The zero-order valence-corrected chi connectivity index (χ0v) is 7.91. The SMILES string of the molecule is NC1(C(F)c2ccc(O)cc2)CCC1. The Morgan fingerprint density at radius 3 is 2.29 bits per heavy atom. The molecule has 3 heteroatoms. The van der Waals surface area contributed by atoms with E-state index in [0.717, 1.165) is 19.3 Å². The molecule has 14 heavy (non-hydrogen) atoms. The van der Waals surface area contributed by atoms with Crippen molar-refractivity contribution < 1.29 is 9.50 Å². The van der Waals surface area contributed by atoms with Gasteiger partial charge in [-0.1, -0.05) is 12.1 Å². The van der Waals surface area contributed by atoms with Crippen molar-refractivity contribution in [2.24, 2.45) is 5.73 Å². The molecule has 0 radical (unpaired) electrons. The number of rotatable bonds is 2. The zero-order chi connectivity index (χ0) is 10.2. The molecule has 2 nitrogen and oxygen atoms in total. The van der Waals surface area contributed by atoms with E-state index in [9.17, 15) is 4.39 Å². The van der Waals surface area contributed by atoms with Gasteiger partial charge in [0.25, 0.3) is 0 Å². The first-order valence-electron chi connectivity index (χ1n) is 4.84. The molecule has 3 N–H and O–H groups in total. The Hall–Kier alpha value is -1.09. The van der Waals surface area contributed by atoms with E-state index in [-0.39, 0.29) is 5.75 Å². The first kappa shape index (κ1) is 9.46. The number of hydrogen-bond acceptors (Lipinski definition) is 2. The molecule has 1 aromatic rings. The van der Waals surface area contributed by atoms with Gasteiger partial charge in [0.2, 0.25) is 0 Å². The van der Waals surface area contributed by atoms with Gasteiger partial charge in [0.15, 0.2) is 0 Å². The van der Waals surface area contributed by atoms with Crippen molar-refractivity contribution in [2.45, 2.75) is 31.0 Å². The third-order valence-electron chi connectivity index (χ3n) is 2.97. The van der Waals surface area contributed by atoms with Gasteiger partial charge < -0.3 is 10.8 Å². The lowest BCUT2D eigenvalue weighted by molar-refractivity contribution is 0.108. The fourth-order valence-corrected chi connectivity index (χ4v) is 1.81. The van der Waals surface area contributed by atoms with E-state index in [1.165, 1.54) is 12.1 Å². The second kappa shape index (κ2) is 3.24. The van der Waals surface area contributed by atoms with Crippen molar-refractivity contribution in [2.75, 3.05) is 0 Å². The summed E-state index contributed by atoms with van der Waals surface area (Å²) in [5, 5.41) is 9.06. The van der Waals surface area contributed by atoms with Crippen molar-refractivity contribution in [3.8, 4) is 5.75 Å². The van der Waals surface area contributed by atoms with Gasteiger partial charge in [-0.05, 0) is 37.0 Å². The highest BCUT2D eigenvalue weighted by Gasteiger charge is 2.41. The summed E-state index contributed by atoms with van der Waals surface area (Å²) in [5.74, 6) is 0.153. The molecule has 0 amide bonds. The lowest BCUT2D eigenvalue weighted by Crippen LogP contribution is -2.50. The summed E-state index contributed by atoms with van der Waals surface area (Å²) in [5.41, 5.74) is 5.77. The van der Waals surface area contributed by atoms with Crippen LogP contribution in [-0.4, -0.2) is 10.6 Å². The summed E-state index contributed by atoms with van der Waals surface area (Å²) in [4.78, 5) is 0. The van der Waals surface area contributed by atoms with E-state index in [1.807, 2.05) is 0 Å². The van der Waals surface area contributed by atoms with Crippen molar-refractivity contribution in [3.05, 3.63) is 29.8 Å². The van der Waals surface area contributed by atoms with Crippen LogP contribution >= 0.6 is 0 Å². The Balaban J connectivity index is 2.18. The molecule has 1 aliphatic rings. The largest absolute Gasteiger partial charge is 0.508 e. The predicted octanol–water partition coefficient (Wildman–Crippen LogP) is 2.28. The summed E-state index contributed by atoms with van der Waals surface area (Å²) in [6.07, 6.45) is 1.39. The van der Waals surface area contributed by atoms with Crippen LogP contribution in [0.25, 0.3) is 0 Å². The highest BCUT2D eigenvalue weighted by molar-refractivity contribution is 5.29. The smallest absolute Gasteiger partial charge is 0.143 e. The quantitative estimate of drug-likeness (QED) is 0.760. The molecule has 1 atom stereocenters. The molecule has 0 spiro atoms. The molecule has 1 saturated carbocycles. The van der Waals surface area contributed by atoms with E-state index in [0.29, 0.717) is 5.56 Å². The number of phenolic OH excluding ortho intramolecular Hbond substituents is 1. The van der Waals surface area contributed by atoms with E-state index in [4.69, 9.17) is 10.8 Å². The Kier molecular flexibility index (Phi) is 2.19. The maximum Gasteiger partial charge on any atom is 0.143 e. The van der Waals surface area contributed by atoms with Crippen LogP contribution in [0.5, 0.6) is 5.75 Å². The minimum atomic E-state index is -1.11. The minimum Gasteiger partial charge on any atom is -0.508 e. The zero-order valence-electron chi connectivity index (χ0n) is 7.91. The Bertz CT molecular complexity index is 319. The molecule has 1 aliphatic carbocycles. The van der Waals surface area contributed by atoms with Crippen molar-refractivity contribution >= 4 is 0 Å². The summed E-state index contributed by atoms with van der Waals surface area (Å²) in [6, 6.07) is 6.16. The molecule has 0 saturated heterocycles. The lowest BCUT2D eigenvalue weighted by Gasteiger charge is -2.40. The van der Waals surface area contributed by atoms with Gasteiger partial charge in [-0.3, -0.25) is 0 Å². The van der Waals surface area contributed by atoms with E-state index < -0.39 is 11.7 Å². The lowest BCUT2D eigenvalue weighted by atomic mass is 9.72. The number of phenols is 1. The average molecular weight is 195 g/mol. The molecule has 1 fully saturated rings. The van der Waals surface area contributed by atoms with Crippen molar-refractivity contribution in [1.82, 2.24) is 0 Å². The normalized spacial score (nSPS) is 21.3. The Morgan fingerprint density at radius 1 is 1.29 bits per heavy atom. The number of halogens is 1.